The van der Waals surface area contributed by atoms with E-state index in [1.807, 2.05) is 17.6 Å². The van der Waals surface area contributed by atoms with Crippen LogP contribution < -0.4 is 5.32 Å². The van der Waals surface area contributed by atoms with E-state index in [1.165, 1.54) is 16.9 Å². The SMILES string of the molecule is CN(CC(C)(C)C)C(=O)c1cn2c(nc3ccc(CNC[C@@]4(C)CCCO4)cc32)s1. The molecule has 0 bridgehead atoms. The van der Waals surface area contributed by atoms with Crippen molar-refractivity contribution in [1.29, 1.82) is 0 Å². The van der Waals surface area contributed by atoms with Gasteiger partial charge in [-0.3, -0.25) is 9.20 Å². The van der Waals surface area contributed by atoms with Crippen molar-refractivity contribution in [3.8, 4) is 0 Å². The van der Waals surface area contributed by atoms with Crippen LogP contribution in [0.2, 0.25) is 0 Å². The predicted molar refractivity (Wildman–Crippen MR) is 122 cm³/mol. The maximum atomic E-state index is 12.9. The zero-order valence-electron chi connectivity index (χ0n) is 18.6. The summed E-state index contributed by atoms with van der Waals surface area (Å²) in [5, 5.41) is 3.54. The molecule has 0 spiro atoms. The number of nitrogens with zero attached hydrogens (tertiary/aromatic N) is 3. The molecule has 3 aromatic rings. The Kier molecular flexibility index (Phi) is 5.64. The maximum Gasteiger partial charge on any atom is 0.265 e. The van der Waals surface area contributed by atoms with Crippen molar-refractivity contribution < 1.29 is 9.53 Å². The normalized spacial score (nSPS) is 19.8. The highest BCUT2D eigenvalue weighted by molar-refractivity contribution is 7.18. The van der Waals surface area contributed by atoms with E-state index < -0.39 is 0 Å². The topological polar surface area (TPSA) is 58.9 Å². The van der Waals surface area contributed by atoms with Crippen molar-refractivity contribution in [3.05, 3.63) is 34.8 Å². The Morgan fingerprint density at radius 1 is 1.40 bits per heavy atom. The smallest absolute Gasteiger partial charge is 0.265 e. The Balaban J connectivity index is 1.51. The second kappa shape index (κ2) is 7.94. The van der Waals surface area contributed by atoms with Gasteiger partial charge in [-0.15, -0.1) is 0 Å². The fourth-order valence-corrected chi connectivity index (χ4v) is 5.17. The molecule has 0 saturated carbocycles. The molecule has 1 saturated heterocycles. The van der Waals surface area contributed by atoms with Gasteiger partial charge >= 0.3 is 0 Å². The molecule has 0 radical (unpaired) electrons. The fourth-order valence-electron chi connectivity index (χ4n) is 4.18. The van der Waals surface area contributed by atoms with Crippen LogP contribution in [0.15, 0.2) is 24.4 Å². The Labute approximate surface area is 182 Å². The van der Waals surface area contributed by atoms with E-state index in [2.05, 4.69) is 51.2 Å². The number of carbonyl (C=O) groups excluding carboxylic acids is 1. The number of aromatic nitrogens is 2. The zero-order valence-corrected chi connectivity index (χ0v) is 19.4. The Morgan fingerprint density at radius 3 is 2.90 bits per heavy atom. The number of nitrogens with one attached hydrogen (secondary N) is 1. The minimum absolute atomic E-state index is 0.0459. The van der Waals surface area contributed by atoms with E-state index in [-0.39, 0.29) is 16.9 Å². The summed E-state index contributed by atoms with van der Waals surface area (Å²) in [5.41, 5.74) is 3.22. The third-order valence-corrected chi connectivity index (χ3v) is 6.54. The summed E-state index contributed by atoms with van der Waals surface area (Å²) in [6.45, 7) is 11.8. The van der Waals surface area contributed by atoms with Gasteiger partial charge in [0, 0.05) is 39.5 Å². The fraction of sp³-hybridized carbons (Fsp3) is 0.565. The van der Waals surface area contributed by atoms with Gasteiger partial charge in [-0.2, -0.15) is 0 Å². The summed E-state index contributed by atoms with van der Waals surface area (Å²) in [7, 11) is 1.87. The van der Waals surface area contributed by atoms with E-state index in [4.69, 9.17) is 9.72 Å². The lowest BCUT2D eigenvalue weighted by Gasteiger charge is -2.26. The van der Waals surface area contributed by atoms with Gasteiger partial charge in [0.2, 0.25) is 0 Å². The van der Waals surface area contributed by atoms with Crippen LogP contribution in [0, 0.1) is 5.41 Å². The standard InChI is InChI=1S/C23H32N4O2S/c1-22(2,3)15-26(5)20(28)19-13-27-18-11-16(7-8-17(18)25-21(27)30-19)12-24-14-23(4)9-6-10-29-23/h7-8,11,13,24H,6,9-10,12,14-15H2,1-5H3/t23-/m1/s1. The third-order valence-electron chi connectivity index (χ3n) is 5.57. The Bertz CT molecular complexity index is 1060. The second-order valence-electron chi connectivity index (χ2n) is 9.91. The van der Waals surface area contributed by atoms with Gasteiger partial charge in [0.15, 0.2) is 4.96 Å². The van der Waals surface area contributed by atoms with Crippen molar-refractivity contribution in [3.63, 3.8) is 0 Å². The van der Waals surface area contributed by atoms with E-state index in [9.17, 15) is 4.79 Å². The summed E-state index contributed by atoms with van der Waals surface area (Å²) in [6.07, 6.45) is 4.18. The molecule has 1 aliphatic heterocycles. The summed E-state index contributed by atoms with van der Waals surface area (Å²) >= 11 is 1.45. The van der Waals surface area contributed by atoms with E-state index >= 15 is 0 Å². The van der Waals surface area contributed by atoms with Crippen LogP contribution in [-0.2, 0) is 11.3 Å². The molecule has 6 nitrogen and oxygen atoms in total. The molecular formula is C23H32N4O2S. The van der Waals surface area contributed by atoms with Gasteiger partial charge in [0.1, 0.15) is 4.88 Å². The van der Waals surface area contributed by atoms with Crippen LogP contribution in [0.1, 0.15) is 55.8 Å². The molecule has 30 heavy (non-hydrogen) atoms. The highest BCUT2D eigenvalue weighted by Gasteiger charge is 2.29. The molecule has 4 rings (SSSR count). The van der Waals surface area contributed by atoms with Crippen molar-refractivity contribution >= 4 is 33.2 Å². The molecule has 2 aromatic heterocycles. The molecular weight excluding hydrogens is 396 g/mol. The molecule has 1 N–H and O–H groups in total. The number of benzene rings is 1. The number of amides is 1. The number of carbonyl (C=O) groups is 1. The lowest BCUT2D eigenvalue weighted by molar-refractivity contribution is 0.0207. The first-order valence-corrected chi connectivity index (χ1v) is 11.5. The van der Waals surface area contributed by atoms with Gasteiger partial charge in [-0.1, -0.05) is 38.2 Å². The molecule has 0 unspecified atom stereocenters. The molecule has 7 heteroatoms. The summed E-state index contributed by atoms with van der Waals surface area (Å²) in [4.78, 5) is 21.0. The number of ether oxygens (including phenoxy) is 1. The largest absolute Gasteiger partial charge is 0.374 e. The summed E-state index contributed by atoms with van der Waals surface area (Å²) in [5.74, 6) is 0.0520. The number of hydrogen-bond acceptors (Lipinski definition) is 5. The summed E-state index contributed by atoms with van der Waals surface area (Å²) < 4.78 is 7.90. The first-order chi connectivity index (χ1) is 14.1. The van der Waals surface area contributed by atoms with E-state index in [0.717, 1.165) is 53.4 Å². The molecule has 1 amide bonds. The van der Waals surface area contributed by atoms with Gasteiger partial charge in [-0.05, 0) is 42.9 Å². The van der Waals surface area contributed by atoms with Crippen LogP contribution in [0.3, 0.4) is 0 Å². The second-order valence-corrected chi connectivity index (χ2v) is 10.9. The molecule has 1 atom stereocenters. The average Bonchev–Trinajstić information content (AvgIpc) is 3.34. The van der Waals surface area contributed by atoms with Crippen LogP contribution in [0.25, 0.3) is 16.0 Å². The molecule has 1 aromatic carbocycles. The molecule has 3 heterocycles. The number of imidazole rings is 1. The number of rotatable bonds is 6. The average molecular weight is 429 g/mol. The van der Waals surface area contributed by atoms with Crippen LogP contribution in [0.5, 0.6) is 0 Å². The van der Waals surface area contributed by atoms with Crippen LogP contribution >= 0.6 is 11.3 Å². The third kappa shape index (κ3) is 4.53. The lowest BCUT2D eigenvalue weighted by Crippen LogP contribution is -2.36. The molecule has 1 fully saturated rings. The van der Waals surface area contributed by atoms with E-state index in [1.54, 1.807) is 4.90 Å². The highest BCUT2D eigenvalue weighted by atomic mass is 32.1. The minimum atomic E-state index is -0.0459. The predicted octanol–water partition coefficient (Wildman–Crippen LogP) is 4.33. The molecule has 162 valence electrons. The lowest BCUT2D eigenvalue weighted by atomic mass is 9.96. The minimum Gasteiger partial charge on any atom is -0.374 e. The highest BCUT2D eigenvalue weighted by Crippen LogP contribution is 2.27. The van der Waals surface area contributed by atoms with Gasteiger partial charge in [0.25, 0.3) is 5.91 Å². The van der Waals surface area contributed by atoms with Crippen molar-refractivity contribution in [2.45, 2.75) is 52.7 Å². The quantitative estimate of drug-likeness (QED) is 0.635. The van der Waals surface area contributed by atoms with Crippen molar-refractivity contribution in [1.82, 2.24) is 19.6 Å². The first kappa shape index (κ1) is 21.3. The van der Waals surface area contributed by atoms with Crippen LogP contribution in [-0.4, -0.2) is 52.5 Å². The molecule has 0 aliphatic carbocycles. The van der Waals surface area contributed by atoms with Crippen molar-refractivity contribution in [2.75, 3.05) is 26.7 Å². The van der Waals surface area contributed by atoms with Gasteiger partial charge in [0.05, 0.1) is 16.6 Å². The summed E-state index contributed by atoms with van der Waals surface area (Å²) in [6, 6.07) is 6.35. The van der Waals surface area contributed by atoms with E-state index in [0.29, 0.717) is 6.54 Å². The number of thiazole rings is 1. The maximum absolute atomic E-state index is 12.9. The monoisotopic (exact) mass is 428 g/mol. The molecule has 1 aliphatic rings. The number of fused-ring (bicyclic) bond motifs is 3. The van der Waals surface area contributed by atoms with Crippen molar-refractivity contribution in [2.24, 2.45) is 5.41 Å². The van der Waals surface area contributed by atoms with Gasteiger partial charge in [-0.25, -0.2) is 4.98 Å². The Hall–Kier alpha value is -1.96. The zero-order chi connectivity index (χ0) is 21.5. The Morgan fingerprint density at radius 2 is 2.20 bits per heavy atom. The van der Waals surface area contributed by atoms with Gasteiger partial charge < -0.3 is 15.0 Å². The number of hydrogen-bond donors (Lipinski definition) is 1. The first-order valence-electron chi connectivity index (χ1n) is 10.6. The van der Waals surface area contributed by atoms with Crippen LogP contribution in [0.4, 0.5) is 0 Å².